The molecule has 0 aromatic carbocycles. The summed E-state index contributed by atoms with van der Waals surface area (Å²) < 4.78 is 0. The fourth-order valence-electron chi connectivity index (χ4n) is 1.61. The van der Waals surface area contributed by atoms with Crippen molar-refractivity contribution < 1.29 is 4.79 Å². The minimum absolute atomic E-state index is 0.175. The third kappa shape index (κ3) is 3.30. The van der Waals surface area contributed by atoms with E-state index in [2.05, 4.69) is 25.6 Å². The molecule has 0 aliphatic carbocycles. The van der Waals surface area contributed by atoms with E-state index in [1.807, 2.05) is 13.8 Å². The lowest BCUT2D eigenvalue weighted by atomic mass is 10.2. The molecule has 0 spiro atoms. The molecular formula is C13H17N5OS. The summed E-state index contributed by atoms with van der Waals surface area (Å²) in [5.74, 6) is 0.618. The van der Waals surface area contributed by atoms with Gasteiger partial charge in [0.25, 0.3) is 5.91 Å². The van der Waals surface area contributed by atoms with Gasteiger partial charge in [0.1, 0.15) is 5.82 Å². The van der Waals surface area contributed by atoms with Crippen LogP contribution in [0.2, 0.25) is 0 Å². The van der Waals surface area contributed by atoms with Crippen LogP contribution in [0.25, 0.3) is 0 Å². The first-order valence-electron chi connectivity index (χ1n) is 6.32. The number of nitrogens with one attached hydrogen (secondary N) is 2. The molecule has 0 unspecified atom stereocenters. The highest BCUT2D eigenvalue weighted by atomic mass is 32.1. The Bertz CT molecular complexity index is 582. The van der Waals surface area contributed by atoms with E-state index in [-0.39, 0.29) is 11.8 Å². The minimum Gasteiger partial charge on any atom is -0.385 e. The van der Waals surface area contributed by atoms with Gasteiger partial charge >= 0.3 is 0 Å². The third-order valence-corrected chi connectivity index (χ3v) is 3.49. The molecule has 1 amide bonds. The van der Waals surface area contributed by atoms with Gasteiger partial charge in [-0.3, -0.25) is 9.78 Å². The molecule has 0 saturated heterocycles. The Morgan fingerprint density at radius 2 is 2.20 bits per heavy atom. The first kappa shape index (κ1) is 14.4. The lowest BCUT2D eigenvalue weighted by molar-refractivity contribution is 0.0946. The Hall–Kier alpha value is -2.02. The van der Waals surface area contributed by atoms with Gasteiger partial charge in [-0.2, -0.15) is 0 Å². The Balaban J connectivity index is 2.16. The number of carbonyl (C=O) groups excluding carboxylic acids is 1. The zero-order valence-corrected chi connectivity index (χ0v) is 12.5. The highest BCUT2D eigenvalue weighted by Crippen LogP contribution is 2.16. The van der Waals surface area contributed by atoms with Gasteiger partial charge in [-0.05, 0) is 0 Å². The van der Waals surface area contributed by atoms with Crippen LogP contribution in [0.15, 0.2) is 17.9 Å². The predicted molar refractivity (Wildman–Crippen MR) is 79.0 cm³/mol. The van der Waals surface area contributed by atoms with Gasteiger partial charge in [-0.15, -0.1) is 11.3 Å². The van der Waals surface area contributed by atoms with Crippen molar-refractivity contribution in [2.24, 2.45) is 0 Å². The second kappa shape index (κ2) is 6.42. The number of amides is 1. The number of anilines is 1. The number of aromatic nitrogens is 3. The molecule has 0 aliphatic heterocycles. The summed E-state index contributed by atoms with van der Waals surface area (Å²) in [6.07, 6.45) is 3.38. The quantitative estimate of drug-likeness (QED) is 0.881. The molecule has 7 heteroatoms. The molecule has 2 aromatic rings. The molecule has 0 aliphatic rings. The Kier molecular flexibility index (Phi) is 4.62. The van der Waals surface area contributed by atoms with E-state index in [4.69, 9.17) is 0 Å². The van der Waals surface area contributed by atoms with Crippen LogP contribution in [0.4, 0.5) is 5.69 Å². The van der Waals surface area contributed by atoms with E-state index in [1.165, 1.54) is 11.3 Å². The van der Waals surface area contributed by atoms with Gasteiger partial charge in [0.15, 0.2) is 5.69 Å². The van der Waals surface area contributed by atoms with Gasteiger partial charge in [-0.1, -0.05) is 13.8 Å². The maximum absolute atomic E-state index is 12.2. The second-order valence-corrected chi connectivity index (χ2v) is 5.52. The summed E-state index contributed by atoms with van der Waals surface area (Å²) in [7, 11) is 1.74. The summed E-state index contributed by atoms with van der Waals surface area (Å²) in [6, 6.07) is 0. The monoisotopic (exact) mass is 291 g/mol. The lowest BCUT2D eigenvalue weighted by Gasteiger charge is -2.11. The fourth-order valence-corrected chi connectivity index (χ4v) is 2.14. The Labute approximate surface area is 121 Å². The number of hydrogen-bond acceptors (Lipinski definition) is 6. The van der Waals surface area contributed by atoms with Crippen LogP contribution in [0, 0.1) is 0 Å². The lowest BCUT2D eigenvalue weighted by Crippen LogP contribution is -2.25. The summed E-state index contributed by atoms with van der Waals surface area (Å²) in [6.45, 7) is 4.44. The summed E-state index contributed by atoms with van der Waals surface area (Å²) >= 11 is 1.50. The van der Waals surface area contributed by atoms with Gasteiger partial charge in [0.2, 0.25) is 0 Å². The van der Waals surface area contributed by atoms with Crippen molar-refractivity contribution >= 4 is 22.9 Å². The van der Waals surface area contributed by atoms with E-state index >= 15 is 0 Å². The van der Waals surface area contributed by atoms with Crippen molar-refractivity contribution in [3.63, 3.8) is 0 Å². The standard InChI is InChI=1S/C13H17N5OS/c1-8(2)12-16-6-10(14-3)11(18-12)13(19)17-5-9-4-15-7-20-9/h4,6-8,14H,5H2,1-3H3,(H,17,19). The number of thiazole rings is 1. The van der Waals surface area contributed by atoms with Crippen molar-refractivity contribution in [2.75, 3.05) is 12.4 Å². The molecule has 2 aromatic heterocycles. The van der Waals surface area contributed by atoms with Crippen LogP contribution in [0.5, 0.6) is 0 Å². The maximum Gasteiger partial charge on any atom is 0.272 e. The van der Waals surface area contributed by atoms with Gasteiger partial charge in [0.05, 0.1) is 23.9 Å². The Morgan fingerprint density at radius 1 is 1.40 bits per heavy atom. The topological polar surface area (TPSA) is 79.8 Å². The van der Waals surface area contributed by atoms with E-state index in [9.17, 15) is 4.79 Å². The van der Waals surface area contributed by atoms with E-state index in [0.29, 0.717) is 23.8 Å². The molecule has 2 heterocycles. The molecule has 2 N–H and O–H groups in total. The highest BCUT2D eigenvalue weighted by molar-refractivity contribution is 7.09. The SMILES string of the molecule is CNc1cnc(C(C)C)nc1C(=O)NCc1cncs1. The summed E-state index contributed by atoms with van der Waals surface area (Å²) in [5.41, 5.74) is 2.73. The average Bonchev–Trinajstić information content (AvgIpc) is 2.97. The van der Waals surface area contributed by atoms with Crippen molar-refractivity contribution in [3.8, 4) is 0 Å². The average molecular weight is 291 g/mol. The first-order valence-corrected chi connectivity index (χ1v) is 7.20. The summed E-state index contributed by atoms with van der Waals surface area (Å²) in [4.78, 5) is 25.8. The minimum atomic E-state index is -0.216. The Morgan fingerprint density at radius 3 is 2.80 bits per heavy atom. The smallest absolute Gasteiger partial charge is 0.272 e. The summed E-state index contributed by atoms with van der Waals surface area (Å²) in [5, 5.41) is 5.78. The van der Waals surface area contributed by atoms with Crippen LogP contribution in [-0.4, -0.2) is 27.9 Å². The third-order valence-electron chi connectivity index (χ3n) is 2.71. The largest absolute Gasteiger partial charge is 0.385 e. The van der Waals surface area contributed by atoms with Crippen LogP contribution in [0.1, 0.15) is 41.0 Å². The molecule has 2 rings (SSSR count). The van der Waals surface area contributed by atoms with Crippen molar-refractivity contribution in [1.82, 2.24) is 20.3 Å². The van der Waals surface area contributed by atoms with Crippen LogP contribution >= 0.6 is 11.3 Å². The first-order chi connectivity index (χ1) is 9.61. The molecule has 0 bridgehead atoms. The maximum atomic E-state index is 12.2. The van der Waals surface area contributed by atoms with Crippen molar-refractivity contribution in [3.05, 3.63) is 34.3 Å². The fraction of sp³-hybridized carbons (Fsp3) is 0.385. The highest BCUT2D eigenvalue weighted by Gasteiger charge is 2.15. The zero-order chi connectivity index (χ0) is 14.5. The van der Waals surface area contributed by atoms with Crippen molar-refractivity contribution in [1.29, 1.82) is 0 Å². The van der Waals surface area contributed by atoms with E-state index < -0.39 is 0 Å². The molecule has 0 radical (unpaired) electrons. The molecule has 0 atom stereocenters. The normalized spacial score (nSPS) is 10.6. The zero-order valence-electron chi connectivity index (χ0n) is 11.7. The molecule has 106 valence electrons. The number of carbonyl (C=O) groups is 1. The van der Waals surface area contributed by atoms with Crippen LogP contribution < -0.4 is 10.6 Å². The van der Waals surface area contributed by atoms with Gasteiger partial charge in [0, 0.05) is 24.0 Å². The molecule has 0 fully saturated rings. The molecule has 0 saturated carbocycles. The number of nitrogens with zero attached hydrogens (tertiary/aromatic N) is 3. The van der Waals surface area contributed by atoms with Crippen LogP contribution in [0.3, 0.4) is 0 Å². The molecule has 6 nitrogen and oxygen atoms in total. The van der Waals surface area contributed by atoms with Crippen molar-refractivity contribution in [2.45, 2.75) is 26.3 Å². The van der Waals surface area contributed by atoms with Crippen LogP contribution in [-0.2, 0) is 6.54 Å². The van der Waals surface area contributed by atoms with E-state index in [0.717, 1.165) is 4.88 Å². The predicted octanol–water partition coefficient (Wildman–Crippen LogP) is 2.03. The number of hydrogen-bond donors (Lipinski definition) is 2. The van der Waals surface area contributed by atoms with E-state index in [1.54, 1.807) is 25.0 Å². The molecular weight excluding hydrogens is 274 g/mol. The molecule has 20 heavy (non-hydrogen) atoms. The van der Waals surface area contributed by atoms with Gasteiger partial charge in [-0.25, -0.2) is 9.97 Å². The second-order valence-electron chi connectivity index (χ2n) is 4.55. The van der Waals surface area contributed by atoms with Gasteiger partial charge < -0.3 is 10.6 Å². The number of rotatable bonds is 5.